The minimum atomic E-state index is -0.455. The van der Waals surface area contributed by atoms with E-state index in [9.17, 15) is 9.59 Å². The van der Waals surface area contributed by atoms with Crippen LogP contribution in [-0.2, 0) is 31.9 Å². The lowest BCUT2D eigenvalue weighted by atomic mass is 9.97. The lowest BCUT2D eigenvalue weighted by Crippen LogP contribution is -2.04. The molecule has 0 aliphatic heterocycles. The highest BCUT2D eigenvalue weighted by Gasteiger charge is 2.12. The summed E-state index contributed by atoms with van der Waals surface area (Å²) in [6, 6.07) is 18.3. The second-order valence-corrected chi connectivity index (χ2v) is 7.97. The molecular formula is C28H25FO4S. The van der Waals surface area contributed by atoms with Crippen LogP contribution in [0, 0.1) is 5.82 Å². The molecule has 0 amide bonds. The highest BCUT2D eigenvalue weighted by molar-refractivity contribution is 7.80. The second kappa shape index (κ2) is 12.0. The summed E-state index contributed by atoms with van der Waals surface area (Å²) in [5, 5.41) is 0. The Morgan fingerprint density at radius 3 is 1.65 bits per heavy atom. The van der Waals surface area contributed by atoms with Crippen LogP contribution >= 0.6 is 12.6 Å². The summed E-state index contributed by atoms with van der Waals surface area (Å²) in [4.78, 5) is 22.9. The molecule has 0 aromatic heterocycles. The largest absolute Gasteiger partial charge is 0.462 e. The minimum absolute atomic E-state index is 0.257. The van der Waals surface area contributed by atoms with Gasteiger partial charge >= 0.3 is 11.9 Å². The van der Waals surface area contributed by atoms with Crippen LogP contribution in [0.3, 0.4) is 0 Å². The molecule has 0 heterocycles. The zero-order valence-corrected chi connectivity index (χ0v) is 19.5. The fraction of sp³-hybridized carbons (Fsp3) is 0.143. The van der Waals surface area contributed by atoms with Crippen LogP contribution in [0.4, 0.5) is 4.39 Å². The Morgan fingerprint density at radius 1 is 0.765 bits per heavy atom. The maximum absolute atomic E-state index is 15.0. The second-order valence-electron chi connectivity index (χ2n) is 7.49. The molecule has 0 atom stereocenters. The van der Waals surface area contributed by atoms with Crippen LogP contribution in [0.25, 0.3) is 22.3 Å². The molecule has 0 aliphatic carbocycles. The lowest BCUT2D eigenvalue weighted by molar-refractivity contribution is -0.138. The van der Waals surface area contributed by atoms with Crippen molar-refractivity contribution < 1.29 is 23.5 Å². The molecule has 34 heavy (non-hydrogen) atoms. The molecule has 3 rings (SSSR count). The average molecular weight is 477 g/mol. The third-order valence-corrected chi connectivity index (χ3v) is 5.59. The lowest BCUT2D eigenvalue weighted by Gasteiger charge is -2.12. The topological polar surface area (TPSA) is 52.6 Å². The van der Waals surface area contributed by atoms with Crippen LogP contribution in [-0.4, -0.2) is 25.2 Å². The third kappa shape index (κ3) is 6.68. The Kier molecular flexibility index (Phi) is 8.82. The molecule has 4 nitrogen and oxygen atoms in total. The number of benzene rings is 3. The van der Waals surface area contributed by atoms with E-state index in [2.05, 4.69) is 25.8 Å². The molecule has 0 saturated heterocycles. The van der Waals surface area contributed by atoms with Crippen LogP contribution < -0.4 is 0 Å². The van der Waals surface area contributed by atoms with Crippen molar-refractivity contribution in [3.05, 3.63) is 103 Å². The van der Waals surface area contributed by atoms with Gasteiger partial charge in [0.15, 0.2) is 0 Å². The molecule has 0 aliphatic rings. The smallest absolute Gasteiger partial charge is 0.330 e. The van der Waals surface area contributed by atoms with Gasteiger partial charge in [0, 0.05) is 35.5 Å². The van der Waals surface area contributed by atoms with Crippen molar-refractivity contribution in [3.63, 3.8) is 0 Å². The summed E-state index contributed by atoms with van der Waals surface area (Å²) in [6.07, 6.45) is 3.40. The summed E-state index contributed by atoms with van der Waals surface area (Å²) in [5.74, 6) is -1.25. The maximum Gasteiger partial charge on any atom is 0.330 e. The molecule has 174 valence electrons. The fourth-order valence-electron chi connectivity index (χ4n) is 3.37. The first-order valence-electron chi connectivity index (χ1n) is 10.7. The predicted octanol–water partition coefficient (Wildman–Crippen LogP) is 5.99. The first-order valence-corrected chi connectivity index (χ1v) is 11.2. The van der Waals surface area contributed by atoms with Gasteiger partial charge in [-0.1, -0.05) is 61.7 Å². The predicted molar refractivity (Wildman–Crippen MR) is 134 cm³/mol. The van der Waals surface area contributed by atoms with Crippen LogP contribution in [0.15, 0.2) is 90.9 Å². The molecule has 3 aromatic rings. The highest BCUT2D eigenvalue weighted by Crippen LogP contribution is 2.34. The Morgan fingerprint density at radius 2 is 1.21 bits per heavy atom. The van der Waals surface area contributed by atoms with Crippen molar-refractivity contribution in [1.29, 1.82) is 0 Å². The monoisotopic (exact) mass is 476 g/mol. The van der Waals surface area contributed by atoms with Crippen molar-refractivity contribution in [3.8, 4) is 22.3 Å². The van der Waals surface area contributed by atoms with Crippen molar-refractivity contribution in [1.82, 2.24) is 0 Å². The van der Waals surface area contributed by atoms with Gasteiger partial charge in [-0.3, -0.25) is 0 Å². The molecule has 0 radical (unpaired) electrons. The molecule has 0 spiro atoms. The Bertz CT molecular complexity index is 1090. The Labute approximate surface area is 204 Å². The van der Waals surface area contributed by atoms with Gasteiger partial charge in [0.1, 0.15) is 5.82 Å². The van der Waals surface area contributed by atoms with Gasteiger partial charge < -0.3 is 9.47 Å². The molecular weight excluding hydrogens is 451 g/mol. The Hall–Kier alpha value is -3.64. The first-order chi connectivity index (χ1) is 16.4. The Balaban J connectivity index is 1.70. The minimum Gasteiger partial charge on any atom is -0.462 e. The number of carbonyl (C=O) groups is 2. The molecule has 0 fully saturated rings. The van der Waals surface area contributed by atoms with E-state index in [0.29, 0.717) is 28.9 Å². The zero-order chi connectivity index (χ0) is 24.5. The van der Waals surface area contributed by atoms with E-state index in [1.54, 1.807) is 6.07 Å². The molecule has 0 bridgehead atoms. The van der Waals surface area contributed by atoms with E-state index >= 15 is 4.39 Å². The van der Waals surface area contributed by atoms with Gasteiger partial charge in [-0.05, 0) is 39.9 Å². The molecule has 0 saturated carbocycles. The standard InChI is InChI=1S/C28H25FO4S/c1-3-27(30)32-15-13-19-5-9-21(10-6-19)23-18-26(34)24(17-25(23)29)22-11-7-20(8-12-22)14-16-33-28(31)4-2/h3-12,17-18,34H,1-2,13-16H2. The summed E-state index contributed by atoms with van der Waals surface area (Å²) < 4.78 is 25.0. The number of thiol groups is 1. The van der Waals surface area contributed by atoms with Crippen molar-refractivity contribution in [2.45, 2.75) is 17.7 Å². The average Bonchev–Trinajstić information content (AvgIpc) is 2.86. The van der Waals surface area contributed by atoms with E-state index in [1.807, 2.05) is 48.5 Å². The van der Waals surface area contributed by atoms with E-state index in [4.69, 9.17) is 9.47 Å². The van der Waals surface area contributed by atoms with Gasteiger partial charge in [0.2, 0.25) is 0 Å². The van der Waals surface area contributed by atoms with Crippen molar-refractivity contribution >= 4 is 24.6 Å². The maximum atomic E-state index is 15.0. The van der Waals surface area contributed by atoms with Crippen LogP contribution in [0.1, 0.15) is 11.1 Å². The molecule has 6 heteroatoms. The van der Waals surface area contributed by atoms with Crippen molar-refractivity contribution in [2.75, 3.05) is 13.2 Å². The SMILES string of the molecule is C=CC(=O)OCCc1ccc(-c2cc(S)c(-c3ccc(CCOC(=O)C=C)cc3)cc2F)cc1. The molecule has 0 unspecified atom stereocenters. The number of hydrogen-bond acceptors (Lipinski definition) is 5. The molecule has 3 aromatic carbocycles. The van der Waals surface area contributed by atoms with Gasteiger partial charge in [0.05, 0.1) is 13.2 Å². The van der Waals surface area contributed by atoms with E-state index < -0.39 is 11.9 Å². The summed E-state index contributed by atoms with van der Waals surface area (Å²) in [6.45, 7) is 7.25. The van der Waals surface area contributed by atoms with E-state index in [1.165, 1.54) is 6.07 Å². The summed E-state index contributed by atoms with van der Waals surface area (Å²) in [7, 11) is 0. The van der Waals surface area contributed by atoms with Gasteiger partial charge in [-0.2, -0.15) is 0 Å². The highest BCUT2D eigenvalue weighted by atomic mass is 32.1. The van der Waals surface area contributed by atoms with Crippen LogP contribution in [0.2, 0.25) is 0 Å². The quantitative estimate of drug-likeness (QED) is 0.222. The van der Waals surface area contributed by atoms with Gasteiger partial charge in [-0.15, -0.1) is 12.6 Å². The van der Waals surface area contributed by atoms with E-state index in [0.717, 1.165) is 34.4 Å². The summed E-state index contributed by atoms with van der Waals surface area (Å²) in [5.41, 5.74) is 4.69. The number of hydrogen-bond donors (Lipinski definition) is 1. The van der Waals surface area contributed by atoms with E-state index in [-0.39, 0.29) is 19.0 Å². The number of carbonyl (C=O) groups excluding carboxylic acids is 2. The number of rotatable bonds is 10. The first kappa shape index (κ1) is 25.0. The van der Waals surface area contributed by atoms with Crippen LogP contribution in [0.5, 0.6) is 0 Å². The number of ether oxygens (including phenoxy) is 2. The van der Waals surface area contributed by atoms with Gasteiger partial charge in [-0.25, -0.2) is 14.0 Å². The molecule has 0 N–H and O–H groups in total. The normalized spacial score (nSPS) is 10.4. The van der Waals surface area contributed by atoms with Gasteiger partial charge in [0.25, 0.3) is 0 Å². The summed E-state index contributed by atoms with van der Waals surface area (Å²) >= 11 is 4.60. The number of halogens is 1. The third-order valence-electron chi connectivity index (χ3n) is 5.22. The number of esters is 2. The fourth-order valence-corrected chi connectivity index (χ4v) is 3.70. The zero-order valence-electron chi connectivity index (χ0n) is 18.6. The van der Waals surface area contributed by atoms with Crippen molar-refractivity contribution in [2.24, 2.45) is 0 Å².